The Morgan fingerprint density at radius 1 is 1.18 bits per heavy atom. The molecule has 0 spiro atoms. The molecule has 0 saturated heterocycles. The van der Waals surface area contributed by atoms with E-state index < -0.39 is 22.9 Å². The molecule has 9 heteroatoms. The van der Waals surface area contributed by atoms with Crippen molar-refractivity contribution in [3.63, 3.8) is 0 Å². The van der Waals surface area contributed by atoms with Crippen molar-refractivity contribution in [3.8, 4) is 5.75 Å². The second-order valence-corrected chi connectivity index (χ2v) is 3.71. The zero-order valence-corrected chi connectivity index (χ0v) is 9.11. The predicted molar refractivity (Wildman–Crippen MR) is 52.8 cm³/mol. The maximum absolute atomic E-state index is 11.8. The van der Waals surface area contributed by atoms with E-state index in [0.29, 0.717) is 0 Å². The van der Waals surface area contributed by atoms with Crippen LogP contribution < -0.4 is 4.74 Å². The molecule has 0 N–H and O–H groups in total. The number of alkyl halides is 3. The monoisotopic (exact) mass is 268 g/mol. The molecule has 5 nitrogen and oxygen atoms in total. The molecule has 0 aliphatic carbocycles. The minimum absolute atomic E-state index is 0.233. The maximum atomic E-state index is 11.8. The van der Waals surface area contributed by atoms with E-state index >= 15 is 0 Å². The fourth-order valence-corrected chi connectivity index (χ4v) is 1.05. The summed E-state index contributed by atoms with van der Waals surface area (Å²) in [6.07, 6.45) is -4.75. The minimum Gasteiger partial charge on any atom is -0.406 e. The van der Waals surface area contributed by atoms with Gasteiger partial charge in [-0.3, -0.25) is 0 Å². The van der Waals surface area contributed by atoms with Gasteiger partial charge in [0.05, 0.1) is 5.69 Å². The number of thiol groups is 1. The lowest BCUT2D eigenvalue weighted by Crippen LogP contribution is -2.16. The molecule has 94 valence electrons. The highest BCUT2D eigenvalue weighted by Gasteiger charge is 2.30. The fourth-order valence-electron chi connectivity index (χ4n) is 0.879. The third-order valence-electron chi connectivity index (χ3n) is 1.44. The molecule has 17 heavy (non-hydrogen) atoms. The Morgan fingerprint density at radius 3 is 2.24 bits per heavy atom. The van der Waals surface area contributed by atoms with Gasteiger partial charge in [-0.2, -0.15) is 10.2 Å². The lowest BCUT2D eigenvalue weighted by atomic mass is 10.3. The topological polar surface area (TPSA) is 68.1 Å². The van der Waals surface area contributed by atoms with E-state index in [4.69, 9.17) is 0 Å². The van der Waals surface area contributed by atoms with E-state index in [1.807, 2.05) is 0 Å². The van der Waals surface area contributed by atoms with Crippen molar-refractivity contribution >= 4 is 16.4 Å². The van der Waals surface area contributed by atoms with E-state index in [1.165, 1.54) is 12.1 Å². The third kappa shape index (κ3) is 5.85. The van der Waals surface area contributed by atoms with Gasteiger partial charge in [-0.1, -0.05) is 0 Å². The molecule has 0 unspecified atom stereocenters. The van der Waals surface area contributed by atoms with Crippen LogP contribution in [0.25, 0.3) is 0 Å². The van der Waals surface area contributed by atoms with E-state index in [2.05, 4.69) is 15.0 Å². The molecule has 0 radical (unpaired) electrons. The molecule has 0 heterocycles. The van der Waals surface area contributed by atoms with Gasteiger partial charge in [0.1, 0.15) is 5.75 Å². The van der Waals surface area contributed by atoms with Crippen LogP contribution in [0.1, 0.15) is 0 Å². The average molecular weight is 268 g/mol. The van der Waals surface area contributed by atoms with Crippen molar-refractivity contribution in [2.45, 2.75) is 6.36 Å². The first-order chi connectivity index (χ1) is 7.87. The van der Waals surface area contributed by atoms with Gasteiger partial charge in [0, 0.05) is 0 Å². The average Bonchev–Trinajstić information content (AvgIpc) is 2.18. The molecule has 1 aromatic rings. The predicted octanol–water partition coefficient (Wildman–Crippen LogP) is 2.24. The Morgan fingerprint density at radius 2 is 1.76 bits per heavy atom. The summed E-state index contributed by atoms with van der Waals surface area (Å²) in [7, 11) is -2.66. The summed E-state index contributed by atoms with van der Waals surface area (Å²) < 4.78 is 59.3. The Balaban J connectivity index is 2.65. The van der Waals surface area contributed by atoms with Gasteiger partial charge < -0.3 is 4.74 Å². The molecule has 0 aliphatic rings. The molecular weight excluding hydrogens is 261 g/mol. The summed E-state index contributed by atoms with van der Waals surface area (Å²) in [5.41, 5.74) is 0.233. The van der Waals surface area contributed by atoms with Gasteiger partial charge in [0.25, 0.3) is 0 Å². The summed E-state index contributed by atoms with van der Waals surface area (Å²) in [6, 6.07) is 4.56. The van der Waals surface area contributed by atoms with Crippen LogP contribution in [0.4, 0.5) is 18.9 Å². The van der Waals surface area contributed by atoms with Crippen LogP contribution in [0.5, 0.6) is 5.75 Å². The summed E-state index contributed by atoms with van der Waals surface area (Å²) in [5.74, 6) is -0.845. The SMILES string of the molecule is O=[SH](=O)CN=Nc1ccc(OC(F)(F)F)cc1. The number of azo groups is 1. The minimum atomic E-state index is -4.75. The number of nitrogens with zero attached hydrogens (tertiary/aromatic N) is 2. The first-order valence-electron chi connectivity index (χ1n) is 4.22. The van der Waals surface area contributed by atoms with Crippen LogP contribution in [-0.2, 0) is 10.7 Å². The van der Waals surface area contributed by atoms with Crippen LogP contribution in [0.15, 0.2) is 34.5 Å². The highest BCUT2D eigenvalue weighted by Crippen LogP contribution is 2.24. The number of hydrogen-bond donors (Lipinski definition) is 1. The third-order valence-corrected chi connectivity index (χ3v) is 1.79. The van der Waals surface area contributed by atoms with E-state index in [-0.39, 0.29) is 11.4 Å². The van der Waals surface area contributed by atoms with E-state index in [1.54, 1.807) is 0 Å². The van der Waals surface area contributed by atoms with Crippen LogP contribution in [0.3, 0.4) is 0 Å². The Kier molecular flexibility index (Phi) is 4.44. The highest BCUT2D eigenvalue weighted by molar-refractivity contribution is 7.72. The van der Waals surface area contributed by atoms with Gasteiger partial charge in [0.2, 0.25) is 0 Å². The summed E-state index contributed by atoms with van der Waals surface area (Å²) in [6.45, 7) is 0. The number of hydrogen-bond acceptors (Lipinski definition) is 5. The quantitative estimate of drug-likeness (QED) is 0.672. The summed E-state index contributed by atoms with van der Waals surface area (Å²) in [4.78, 5) is 0. The zero-order chi connectivity index (χ0) is 12.9. The van der Waals surface area contributed by atoms with Crippen molar-refractivity contribution in [1.29, 1.82) is 0 Å². The molecule has 0 bridgehead atoms. The fraction of sp³-hybridized carbons (Fsp3) is 0.250. The number of halogens is 3. The van der Waals surface area contributed by atoms with Crippen molar-refractivity contribution in [2.24, 2.45) is 10.2 Å². The number of benzene rings is 1. The van der Waals surface area contributed by atoms with Gasteiger partial charge in [-0.05, 0) is 24.3 Å². The molecule has 0 atom stereocenters. The zero-order valence-electron chi connectivity index (χ0n) is 8.22. The van der Waals surface area contributed by atoms with E-state index in [0.717, 1.165) is 12.1 Å². The van der Waals surface area contributed by atoms with Crippen LogP contribution >= 0.6 is 0 Å². The van der Waals surface area contributed by atoms with Crippen molar-refractivity contribution in [3.05, 3.63) is 24.3 Å². The van der Waals surface area contributed by atoms with Gasteiger partial charge in [-0.25, -0.2) is 8.42 Å². The van der Waals surface area contributed by atoms with Crippen molar-refractivity contribution in [2.75, 3.05) is 5.88 Å². The Hall–Kier alpha value is -1.64. The Bertz CT molecular complexity index is 460. The largest absolute Gasteiger partial charge is 0.573 e. The van der Waals surface area contributed by atoms with Gasteiger partial charge >= 0.3 is 6.36 Å². The smallest absolute Gasteiger partial charge is 0.406 e. The Labute approximate surface area is 95.9 Å². The van der Waals surface area contributed by atoms with Crippen LogP contribution in [0, 0.1) is 0 Å². The second-order valence-electron chi connectivity index (χ2n) is 2.76. The maximum Gasteiger partial charge on any atom is 0.573 e. The van der Waals surface area contributed by atoms with Crippen molar-refractivity contribution < 1.29 is 26.3 Å². The number of ether oxygens (including phenoxy) is 1. The molecule has 1 rings (SSSR count). The second kappa shape index (κ2) is 5.62. The van der Waals surface area contributed by atoms with Crippen molar-refractivity contribution in [1.82, 2.24) is 0 Å². The molecule has 0 fully saturated rings. The lowest BCUT2D eigenvalue weighted by molar-refractivity contribution is -0.274. The highest BCUT2D eigenvalue weighted by atomic mass is 32.2. The van der Waals surface area contributed by atoms with Crippen LogP contribution in [-0.4, -0.2) is 20.7 Å². The first-order valence-corrected chi connectivity index (χ1v) is 5.58. The van der Waals surface area contributed by atoms with Crippen LogP contribution in [0.2, 0.25) is 0 Å². The molecule has 1 aromatic carbocycles. The normalized spacial score (nSPS) is 12.2. The number of rotatable bonds is 4. The van der Waals surface area contributed by atoms with E-state index in [9.17, 15) is 21.6 Å². The van der Waals surface area contributed by atoms with Gasteiger partial charge in [0.15, 0.2) is 16.6 Å². The molecular formula is C8H7F3N2O3S. The summed E-state index contributed by atoms with van der Waals surface area (Å²) >= 11 is 0. The summed E-state index contributed by atoms with van der Waals surface area (Å²) in [5, 5.41) is 6.80. The molecule has 0 aromatic heterocycles. The molecule has 0 amide bonds. The lowest BCUT2D eigenvalue weighted by Gasteiger charge is -2.07. The first kappa shape index (κ1) is 13.4. The molecule has 0 aliphatic heterocycles. The van der Waals surface area contributed by atoms with Gasteiger partial charge in [-0.15, -0.1) is 13.2 Å². The standard InChI is InChI=1S/C8H7F3N2O3S/c9-8(10,11)16-7-3-1-6(2-4-7)13-12-5-17(14)15/h1-4,17H,5H2. The molecule has 0 saturated carbocycles.